The van der Waals surface area contributed by atoms with Gasteiger partial charge in [0.15, 0.2) is 0 Å². The predicted octanol–water partition coefficient (Wildman–Crippen LogP) is 1.66. The van der Waals surface area contributed by atoms with Gasteiger partial charge in [0.1, 0.15) is 27.7 Å². The molecule has 2 rings (SSSR count). The highest BCUT2D eigenvalue weighted by Crippen LogP contribution is 2.33. The minimum atomic E-state index is 0.397. The topological polar surface area (TPSA) is 98.5 Å². The third-order valence-corrected chi connectivity index (χ3v) is 3.20. The lowest BCUT2D eigenvalue weighted by Gasteiger charge is -2.01. The minimum Gasteiger partial charge on any atom is -0.396 e. The Morgan fingerprint density at radius 2 is 2.19 bits per heavy atom. The molecule has 2 aromatic rings. The van der Waals surface area contributed by atoms with Gasteiger partial charge in [-0.1, -0.05) is 0 Å². The van der Waals surface area contributed by atoms with Crippen LogP contribution in [0.2, 0.25) is 0 Å². The highest BCUT2D eigenvalue weighted by atomic mass is 32.1. The monoisotopic (exact) mass is 229 g/mol. The fourth-order valence-electron chi connectivity index (χ4n) is 1.40. The van der Waals surface area contributed by atoms with E-state index in [4.69, 9.17) is 16.3 Å². The quantitative estimate of drug-likeness (QED) is 0.774. The van der Waals surface area contributed by atoms with Crippen LogP contribution in [-0.2, 0) is 0 Å². The second-order valence-corrected chi connectivity index (χ2v) is 4.05. The number of hydrogen-bond acceptors (Lipinski definition) is 6. The van der Waals surface area contributed by atoms with E-state index in [1.54, 1.807) is 13.1 Å². The number of nitrogens with zero attached hydrogens (tertiary/aromatic N) is 3. The number of aromatic nitrogens is 1. The van der Waals surface area contributed by atoms with Crippen LogP contribution in [0.5, 0.6) is 0 Å². The Kier molecular flexibility index (Phi) is 2.35. The molecule has 0 saturated carbocycles. The van der Waals surface area contributed by atoms with Crippen LogP contribution in [0.4, 0.5) is 11.5 Å². The number of fused-ring (bicyclic) bond motifs is 1. The van der Waals surface area contributed by atoms with Gasteiger partial charge in [-0.05, 0) is 6.07 Å². The SMILES string of the molecule is CNc1nc2sc(C#N)c(N)c2cc1C#N. The Morgan fingerprint density at radius 3 is 2.75 bits per heavy atom. The van der Waals surface area contributed by atoms with E-state index in [2.05, 4.69) is 10.3 Å². The van der Waals surface area contributed by atoms with Gasteiger partial charge in [-0.25, -0.2) is 4.98 Å². The molecule has 2 aromatic heterocycles. The number of pyridine rings is 1. The number of nitrogens with one attached hydrogen (secondary N) is 1. The summed E-state index contributed by atoms with van der Waals surface area (Å²) in [7, 11) is 1.69. The average molecular weight is 229 g/mol. The van der Waals surface area contributed by atoms with Crippen molar-refractivity contribution in [3.8, 4) is 12.1 Å². The zero-order chi connectivity index (χ0) is 11.7. The smallest absolute Gasteiger partial charge is 0.145 e. The van der Waals surface area contributed by atoms with Crippen molar-refractivity contribution < 1.29 is 0 Å². The van der Waals surface area contributed by atoms with Crippen molar-refractivity contribution in [2.75, 3.05) is 18.1 Å². The summed E-state index contributed by atoms with van der Waals surface area (Å²) in [4.78, 5) is 5.34. The van der Waals surface area contributed by atoms with Gasteiger partial charge in [0, 0.05) is 12.4 Å². The van der Waals surface area contributed by atoms with Crippen LogP contribution < -0.4 is 11.1 Å². The fourth-order valence-corrected chi connectivity index (χ4v) is 2.27. The van der Waals surface area contributed by atoms with Crippen molar-refractivity contribution >= 4 is 33.1 Å². The molecule has 0 amide bonds. The molecule has 0 radical (unpaired) electrons. The zero-order valence-corrected chi connectivity index (χ0v) is 9.22. The summed E-state index contributed by atoms with van der Waals surface area (Å²) in [5.41, 5.74) is 6.60. The van der Waals surface area contributed by atoms with E-state index in [9.17, 15) is 0 Å². The third-order valence-electron chi connectivity index (χ3n) is 2.18. The van der Waals surface area contributed by atoms with Crippen LogP contribution >= 0.6 is 11.3 Å². The van der Waals surface area contributed by atoms with Crippen LogP contribution in [0, 0.1) is 22.7 Å². The Balaban J connectivity index is 2.84. The first-order valence-corrected chi connectivity index (χ1v) is 5.24. The molecule has 0 spiro atoms. The van der Waals surface area contributed by atoms with Crippen LogP contribution in [0.25, 0.3) is 10.2 Å². The maximum absolute atomic E-state index is 8.93. The van der Waals surface area contributed by atoms with Gasteiger partial charge in [0.05, 0.1) is 11.3 Å². The molecular weight excluding hydrogens is 222 g/mol. The molecule has 0 aromatic carbocycles. The van der Waals surface area contributed by atoms with Gasteiger partial charge < -0.3 is 11.1 Å². The fraction of sp³-hybridized carbons (Fsp3) is 0.100. The Bertz CT molecular complexity index is 644. The molecule has 78 valence electrons. The maximum Gasteiger partial charge on any atom is 0.145 e. The van der Waals surface area contributed by atoms with Gasteiger partial charge in [-0.2, -0.15) is 10.5 Å². The molecule has 16 heavy (non-hydrogen) atoms. The number of thiophene rings is 1. The third kappa shape index (κ3) is 1.33. The molecule has 0 aliphatic heterocycles. The molecule has 0 aliphatic carbocycles. The molecule has 0 saturated heterocycles. The first-order valence-electron chi connectivity index (χ1n) is 4.42. The number of nitriles is 2. The second-order valence-electron chi connectivity index (χ2n) is 3.06. The molecule has 0 bridgehead atoms. The van der Waals surface area contributed by atoms with Crippen molar-refractivity contribution in [3.05, 3.63) is 16.5 Å². The first-order chi connectivity index (χ1) is 7.71. The minimum absolute atomic E-state index is 0.397. The number of nitrogen functional groups attached to an aromatic ring is 1. The van der Waals surface area contributed by atoms with E-state index in [0.29, 0.717) is 32.2 Å². The van der Waals surface area contributed by atoms with Gasteiger partial charge in [0.2, 0.25) is 0 Å². The van der Waals surface area contributed by atoms with Crippen molar-refractivity contribution in [1.82, 2.24) is 4.98 Å². The van der Waals surface area contributed by atoms with E-state index >= 15 is 0 Å². The summed E-state index contributed by atoms with van der Waals surface area (Å²) < 4.78 is 0. The highest BCUT2D eigenvalue weighted by molar-refractivity contribution is 7.19. The van der Waals surface area contributed by atoms with Crippen molar-refractivity contribution in [3.63, 3.8) is 0 Å². The molecule has 5 nitrogen and oxygen atoms in total. The lowest BCUT2D eigenvalue weighted by atomic mass is 10.2. The standard InChI is InChI=1S/C10H7N5S/c1-14-9-5(3-11)2-6-8(13)7(4-12)16-10(6)15-9/h2H,13H2,1H3,(H,14,15). The molecule has 0 aliphatic rings. The predicted molar refractivity (Wildman–Crippen MR) is 63.0 cm³/mol. The molecule has 3 N–H and O–H groups in total. The molecule has 0 unspecified atom stereocenters. The summed E-state index contributed by atoms with van der Waals surface area (Å²) >= 11 is 1.23. The van der Waals surface area contributed by atoms with E-state index < -0.39 is 0 Å². The van der Waals surface area contributed by atoms with Crippen LogP contribution in [0.3, 0.4) is 0 Å². The van der Waals surface area contributed by atoms with Crippen LogP contribution in [0.15, 0.2) is 6.07 Å². The Morgan fingerprint density at radius 1 is 1.44 bits per heavy atom. The molecule has 0 atom stereocenters. The summed E-state index contributed by atoms with van der Waals surface area (Å²) in [6, 6.07) is 5.70. The van der Waals surface area contributed by atoms with Gasteiger partial charge >= 0.3 is 0 Å². The number of nitrogens with two attached hydrogens (primary N) is 1. The van der Waals surface area contributed by atoms with Crippen molar-refractivity contribution in [2.24, 2.45) is 0 Å². The summed E-state index contributed by atoms with van der Waals surface area (Å²) in [5, 5.41) is 21.3. The van der Waals surface area contributed by atoms with Gasteiger partial charge in [-0.15, -0.1) is 11.3 Å². The molecule has 0 fully saturated rings. The van der Waals surface area contributed by atoms with E-state index in [0.717, 1.165) is 0 Å². The van der Waals surface area contributed by atoms with Gasteiger partial charge in [0.25, 0.3) is 0 Å². The maximum atomic E-state index is 8.93. The lowest BCUT2D eigenvalue weighted by molar-refractivity contribution is 1.33. The van der Waals surface area contributed by atoms with Crippen molar-refractivity contribution in [2.45, 2.75) is 0 Å². The van der Waals surface area contributed by atoms with Crippen LogP contribution in [0.1, 0.15) is 10.4 Å². The van der Waals surface area contributed by atoms with Crippen LogP contribution in [-0.4, -0.2) is 12.0 Å². The average Bonchev–Trinajstić information content (AvgIpc) is 2.63. The number of hydrogen-bond donors (Lipinski definition) is 2. The number of rotatable bonds is 1. The first kappa shape index (κ1) is 10.2. The largest absolute Gasteiger partial charge is 0.396 e. The number of anilines is 2. The van der Waals surface area contributed by atoms with Gasteiger partial charge in [-0.3, -0.25) is 0 Å². The molecular formula is C10H7N5S. The Hall–Kier alpha value is -2.31. The van der Waals surface area contributed by atoms with E-state index in [-0.39, 0.29) is 0 Å². The Labute approximate surface area is 95.7 Å². The van der Waals surface area contributed by atoms with E-state index in [1.807, 2.05) is 12.1 Å². The summed E-state index contributed by atoms with van der Waals surface area (Å²) in [5.74, 6) is 0.501. The van der Waals surface area contributed by atoms with Crippen molar-refractivity contribution in [1.29, 1.82) is 10.5 Å². The highest BCUT2D eigenvalue weighted by Gasteiger charge is 2.13. The lowest BCUT2D eigenvalue weighted by Crippen LogP contribution is -1.96. The molecule has 6 heteroatoms. The van der Waals surface area contributed by atoms with E-state index in [1.165, 1.54) is 11.3 Å². The second kappa shape index (κ2) is 3.69. The molecule has 2 heterocycles. The zero-order valence-electron chi connectivity index (χ0n) is 8.40. The normalized spacial score (nSPS) is 9.69. The summed E-state index contributed by atoms with van der Waals surface area (Å²) in [6.45, 7) is 0. The summed E-state index contributed by atoms with van der Waals surface area (Å²) in [6.07, 6.45) is 0.